The van der Waals surface area contributed by atoms with Crippen LogP contribution in [0, 0.1) is 0 Å². The molecule has 5 nitrogen and oxygen atoms in total. The van der Waals surface area contributed by atoms with Gasteiger partial charge in [-0.25, -0.2) is 5.01 Å². The van der Waals surface area contributed by atoms with E-state index in [0.717, 1.165) is 24.1 Å². The molecule has 0 aromatic heterocycles. The van der Waals surface area contributed by atoms with Crippen LogP contribution in [-0.4, -0.2) is 36.9 Å². The van der Waals surface area contributed by atoms with Gasteiger partial charge in [-0.1, -0.05) is 24.3 Å². The first-order chi connectivity index (χ1) is 12.1. The summed E-state index contributed by atoms with van der Waals surface area (Å²) in [6.07, 6.45) is 2.20. The fraction of sp³-hybridized carbons (Fsp3) is 0.300. The zero-order valence-corrected chi connectivity index (χ0v) is 14.4. The molecule has 2 aromatic carbocycles. The largest absolute Gasteiger partial charge is 0.493 e. The number of ether oxygens (including phenoxy) is 2. The van der Waals surface area contributed by atoms with Gasteiger partial charge < -0.3 is 9.47 Å². The zero-order valence-electron chi connectivity index (χ0n) is 14.4. The van der Waals surface area contributed by atoms with Gasteiger partial charge in [0.25, 0.3) is 0 Å². The third-order valence-corrected chi connectivity index (χ3v) is 4.75. The molecule has 0 saturated heterocycles. The molecule has 25 heavy (non-hydrogen) atoms. The van der Waals surface area contributed by atoms with Crippen molar-refractivity contribution < 1.29 is 14.3 Å². The van der Waals surface area contributed by atoms with Gasteiger partial charge in [-0.3, -0.25) is 4.79 Å². The lowest BCUT2D eigenvalue weighted by Gasteiger charge is -2.17. The Morgan fingerprint density at radius 1 is 1.08 bits per heavy atom. The second kappa shape index (κ2) is 6.24. The van der Waals surface area contributed by atoms with Gasteiger partial charge in [0.1, 0.15) is 6.10 Å². The minimum atomic E-state index is -0.000436. The zero-order chi connectivity index (χ0) is 17.4. The van der Waals surface area contributed by atoms with Crippen LogP contribution in [-0.2, 0) is 17.6 Å². The number of amides is 1. The molecule has 0 unspecified atom stereocenters. The Kier molecular flexibility index (Phi) is 3.92. The Labute approximate surface area is 146 Å². The molecule has 4 rings (SSSR count). The molecule has 0 saturated carbocycles. The van der Waals surface area contributed by atoms with Crippen LogP contribution >= 0.6 is 0 Å². The fourth-order valence-corrected chi connectivity index (χ4v) is 3.42. The predicted molar refractivity (Wildman–Crippen MR) is 95.2 cm³/mol. The monoisotopic (exact) mass is 336 g/mol. The molecule has 1 amide bonds. The summed E-state index contributed by atoms with van der Waals surface area (Å²) in [7, 11) is 3.31. The first-order valence-corrected chi connectivity index (χ1v) is 8.40. The maximum atomic E-state index is 11.7. The molecule has 1 aliphatic carbocycles. The van der Waals surface area contributed by atoms with Gasteiger partial charge in [-0.15, -0.1) is 0 Å². The van der Waals surface area contributed by atoms with E-state index < -0.39 is 0 Å². The number of hydrogen-bond acceptors (Lipinski definition) is 4. The van der Waals surface area contributed by atoms with Crippen LogP contribution in [0.15, 0.2) is 47.6 Å². The average molecular weight is 336 g/mol. The van der Waals surface area contributed by atoms with Gasteiger partial charge in [0.05, 0.1) is 19.2 Å². The van der Waals surface area contributed by atoms with Gasteiger partial charge in [-0.2, -0.15) is 5.10 Å². The summed E-state index contributed by atoms with van der Waals surface area (Å²) in [6, 6.07) is 14.1. The number of nitrogens with zero attached hydrogens (tertiary/aromatic N) is 2. The smallest absolute Gasteiger partial charge is 0.248 e. The molecular formula is C20H20N2O3. The molecule has 1 heterocycles. The summed E-state index contributed by atoms with van der Waals surface area (Å²) in [5, 5.41) is 5.69. The Balaban J connectivity index is 1.58. The summed E-state index contributed by atoms with van der Waals surface area (Å²) in [6.45, 7) is 0. The highest BCUT2D eigenvalue weighted by molar-refractivity contribution is 6.13. The lowest BCUT2D eigenvalue weighted by atomic mass is 10.1. The van der Waals surface area contributed by atoms with Crippen molar-refractivity contribution in [1.82, 2.24) is 5.01 Å². The Bertz CT molecular complexity index is 835. The van der Waals surface area contributed by atoms with Crippen molar-refractivity contribution in [2.24, 2.45) is 5.10 Å². The lowest BCUT2D eigenvalue weighted by Crippen LogP contribution is -2.17. The number of methoxy groups -OCH3 is 1. The van der Waals surface area contributed by atoms with Gasteiger partial charge in [0, 0.05) is 25.5 Å². The molecule has 5 heteroatoms. The summed E-state index contributed by atoms with van der Waals surface area (Å²) < 4.78 is 11.7. The lowest BCUT2D eigenvalue weighted by molar-refractivity contribution is -0.127. The molecule has 0 bridgehead atoms. The molecule has 0 spiro atoms. The Hall–Kier alpha value is -2.82. The van der Waals surface area contributed by atoms with E-state index in [2.05, 4.69) is 29.4 Å². The summed E-state index contributed by atoms with van der Waals surface area (Å²) >= 11 is 0. The van der Waals surface area contributed by atoms with Crippen LogP contribution in [0.5, 0.6) is 11.5 Å². The molecule has 2 aliphatic rings. The van der Waals surface area contributed by atoms with E-state index in [9.17, 15) is 4.79 Å². The fourth-order valence-electron chi connectivity index (χ4n) is 3.42. The number of carbonyl (C=O) groups excluding carboxylic acids is 1. The minimum Gasteiger partial charge on any atom is -0.493 e. The third-order valence-electron chi connectivity index (χ3n) is 4.75. The second-order valence-electron chi connectivity index (χ2n) is 6.42. The standard InChI is InChI=1S/C20H20N2O3/c1-22-20(23)12-17(21-22)15-7-8-18(24-2)19(11-15)25-16-9-13-5-3-4-6-14(13)10-16/h3-8,11,16H,9-10,12H2,1-2H3. The van der Waals surface area contributed by atoms with E-state index in [1.807, 2.05) is 18.2 Å². The second-order valence-corrected chi connectivity index (χ2v) is 6.42. The summed E-state index contributed by atoms with van der Waals surface area (Å²) in [4.78, 5) is 11.7. The summed E-state index contributed by atoms with van der Waals surface area (Å²) in [5.41, 5.74) is 4.34. The number of hydrogen-bond donors (Lipinski definition) is 0. The Morgan fingerprint density at radius 3 is 2.40 bits per heavy atom. The third kappa shape index (κ3) is 2.97. The Morgan fingerprint density at radius 2 is 1.80 bits per heavy atom. The molecule has 0 fully saturated rings. The maximum Gasteiger partial charge on any atom is 0.248 e. The van der Waals surface area contributed by atoms with Crippen LogP contribution in [0.1, 0.15) is 23.1 Å². The van der Waals surface area contributed by atoms with Crippen molar-refractivity contribution in [1.29, 1.82) is 0 Å². The van der Waals surface area contributed by atoms with Crippen molar-refractivity contribution in [2.45, 2.75) is 25.4 Å². The first-order valence-electron chi connectivity index (χ1n) is 8.40. The van der Waals surface area contributed by atoms with Gasteiger partial charge in [-0.05, 0) is 29.3 Å². The van der Waals surface area contributed by atoms with Gasteiger partial charge in [0.2, 0.25) is 5.91 Å². The maximum absolute atomic E-state index is 11.7. The number of fused-ring (bicyclic) bond motifs is 1. The van der Waals surface area contributed by atoms with Gasteiger partial charge >= 0.3 is 0 Å². The SMILES string of the molecule is COc1ccc(C2=NN(C)C(=O)C2)cc1OC1Cc2ccccc2C1. The highest BCUT2D eigenvalue weighted by Gasteiger charge is 2.25. The van der Waals surface area contributed by atoms with E-state index in [4.69, 9.17) is 9.47 Å². The van der Waals surface area contributed by atoms with E-state index >= 15 is 0 Å². The highest BCUT2D eigenvalue weighted by Crippen LogP contribution is 2.33. The van der Waals surface area contributed by atoms with Crippen LogP contribution < -0.4 is 9.47 Å². The van der Waals surface area contributed by atoms with Crippen molar-refractivity contribution in [3.05, 3.63) is 59.2 Å². The molecule has 0 atom stereocenters. The van der Waals surface area contributed by atoms with E-state index in [1.54, 1.807) is 14.2 Å². The number of carbonyl (C=O) groups is 1. The van der Waals surface area contributed by atoms with Gasteiger partial charge in [0.15, 0.2) is 11.5 Å². The van der Waals surface area contributed by atoms with Crippen LogP contribution in [0.3, 0.4) is 0 Å². The van der Waals surface area contributed by atoms with E-state index in [-0.39, 0.29) is 12.0 Å². The van der Waals surface area contributed by atoms with Crippen molar-refractivity contribution >= 4 is 11.6 Å². The topological polar surface area (TPSA) is 51.1 Å². The quantitative estimate of drug-likeness (QED) is 0.863. The molecule has 128 valence electrons. The molecular weight excluding hydrogens is 316 g/mol. The van der Waals surface area contributed by atoms with E-state index in [0.29, 0.717) is 17.9 Å². The van der Waals surface area contributed by atoms with Crippen molar-refractivity contribution in [3.8, 4) is 11.5 Å². The van der Waals surface area contributed by atoms with E-state index in [1.165, 1.54) is 16.1 Å². The van der Waals surface area contributed by atoms with Crippen LogP contribution in [0.25, 0.3) is 0 Å². The minimum absolute atomic E-state index is 0.000436. The number of benzene rings is 2. The predicted octanol–water partition coefficient (Wildman–Crippen LogP) is 2.81. The van der Waals surface area contributed by atoms with Crippen molar-refractivity contribution in [2.75, 3.05) is 14.2 Å². The molecule has 0 N–H and O–H groups in total. The number of hydrazone groups is 1. The normalized spacial score (nSPS) is 16.8. The van der Waals surface area contributed by atoms with Crippen molar-refractivity contribution in [3.63, 3.8) is 0 Å². The average Bonchev–Trinajstić information content (AvgIpc) is 3.17. The molecule has 1 aliphatic heterocycles. The van der Waals surface area contributed by atoms with Crippen LogP contribution in [0.2, 0.25) is 0 Å². The van der Waals surface area contributed by atoms with Crippen LogP contribution in [0.4, 0.5) is 0 Å². The highest BCUT2D eigenvalue weighted by atomic mass is 16.5. The first kappa shape index (κ1) is 15.7. The molecule has 2 aromatic rings. The number of rotatable bonds is 4. The molecule has 0 radical (unpaired) electrons. The summed E-state index contributed by atoms with van der Waals surface area (Å²) in [5.74, 6) is 1.39.